The van der Waals surface area contributed by atoms with E-state index in [9.17, 15) is 13.2 Å². The summed E-state index contributed by atoms with van der Waals surface area (Å²) in [4.78, 5) is 19.1. The third-order valence-corrected chi connectivity index (χ3v) is 7.75. The monoisotopic (exact) mass is 490 g/mol. The molecule has 4 rings (SSSR count). The quantitative estimate of drug-likeness (QED) is 0.519. The number of rotatable bonds is 8. The number of anilines is 1. The molecule has 1 aliphatic heterocycles. The van der Waals surface area contributed by atoms with Gasteiger partial charge in [0, 0.05) is 36.4 Å². The fraction of sp³-hybridized carbons (Fsp3) is 0.364. The lowest BCUT2D eigenvalue weighted by atomic mass is 10.3. The number of ether oxygens (including phenoxy) is 2. The number of hydrogen-bond acceptors (Lipinski definition) is 7. The van der Waals surface area contributed by atoms with Gasteiger partial charge in [-0.3, -0.25) is 9.52 Å². The van der Waals surface area contributed by atoms with Gasteiger partial charge in [0.15, 0.2) is 11.5 Å². The Bertz CT molecular complexity index is 1260. The highest BCUT2D eigenvalue weighted by atomic mass is 32.2. The number of carbonyl (C=O) groups excluding carboxylic acids is 1. The highest BCUT2D eigenvalue weighted by Crippen LogP contribution is 2.32. The molecule has 3 aromatic rings. The molecule has 2 aromatic heterocycles. The lowest BCUT2D eigenvalue weighted by Crippen LogP contribution is -2.31. The molecule has 0 unspecified atom stereocenters. The van der Waals surface area contributed by atoms with Crippen molar-refractivity contribution >= 4 is 33.0 Å². The summed E-state index contributed by atoms with van der Waals surface area (Å²) >= 11 is 1.41. The Morgan fingerprint density at radius 2 is 1.88 bits per heavy atom. The fourth-order valence-electron chi connectivity index (χ4n) is 3.74. The molecule has 1 aliphatic rings. The zero-order chi connectivity index (χ0) is 23.6. The number of amides is 1. The molecule has 33 heavy (non-hydrogen) atoms. The second-order valence-electron chi connectivity index (χ2n) is 7.75. The van der Waals surface area contributed by atoms with Crippen molar-refractivity contribution in [2.45, 2.75) is 31.2 Å². The first kappa shape index (κ1) is 23.1. The van der Waals surface area contributed by atoms with Crippen molar-refractivity contribution in [1.29, 1.82) is 0 Å². The van der Waals surface area contributed by atoms with Crippen LogP contribution in [0.2, 0.25) is 0 Å². The van der Waals surface area contributed by atoms with Gasteiger partial charge in [0.05, 0.1) is 25.6 Å². The highest BCUT2D eigenvalue weighted by Gasteiger charge is 2.24. The summed E-state index contributed by atoms with van der Waals surface area (Å²) in [6, 6.07) is 6.33. The predicted molar refractivity (Wildman–Crippen MR) is 126 cm³/mol. The van der Waals surface area contributed by atoms with Crippen LogP contribution >= 0.6 is 11.3 Å². The smallest absolute Gasteiger partial charge is 0.263 e. The van der Waals surface area contributed by atoms with E-state index in [-0.39, 0.29) is 17.3 Å². The number of aromatic nitrogens is 2. The summed E-state index contributed by atoms with van der Waals surface area (Å²) in [5.41, 5.74) is 1.76. The van der Waals surface area contributed by atoms with Crippen LogP contribution in [-0.4, -0.2) is 56.1 Å². The van der Waals surface area contributed by atoms with Crippen molar-refractivity contribution in [1.82, 2.24) is 14.5 Å². The number of benzene rings is 1. The Kier molecular flexibility index (Phi) is 6.61. The van der Waals surface area contributed by atoms with E-state index in [0.717, 1.165) is 31.6 Å². The largest absolute Gasteiger partial charge is 0.493 e. The molecule has 1 saturated heterocycles. The van der Waals surface area contributed by atoms with Crippen LogP contribution in [0.15, 0.2) is 40.7 Å². The van der Waals surface area contributed by atoms with Crippen LogP contribution in [0.4, 0.5) is 5.69 Å². The second kappa shape index (κ2) is 9.44. The molecule has 1 aromatic carbocycles. The number of carbonyl (C=O) groups is 1. The van der Waals surface area contributed by atoms with Gasteiger partial charge in [-0.2, -0.15) is 0 Å². The lowest BCUT2D eigenvalue weighted by Gasteiger charge is -2.16. The Morgan fingerprint density at radius 1 is 1.15 bits per heavy atom. The normalized spacial score (nSPS) is 13.8. The number of likely N-dealkylation sites (tertiary alicyclic amines) is 1. The minimum absolute atomic E-state index is 0.0329. The van der Waals surface area contributed by atoms with Crippen LogP contribution < -0.4 is 14.2 Å². The SMILES string of the molecule is COc1ccc(NS(=O)(=O)c2cc(-c3nc(C)cs3)n(CC(=O)N3CCCC3)c2)cc1OC. The summed E-state index contributed by atoms with van der Waals surface area (Å²) in [6.45, 7) is 3.40. The van der Waals surface area contributed by atoms with Crippen LogP contribution in [0.5, 0.6) is 11.5 Å². The molecule has 9 nitrogen and oxygen atoms in total. The summed E-state index contributed by atoms with van der Waals surface area (Å²) in [5.74, 6) is 0.869. The van der Waals surface area contributed by atoms with Crippen LogP contribution in [0.3, 0.4) is 0 Å². The molecule has 0 radical (unpaired) electrons. The number of methoxy groups -OCH3 is 2. The summed E-state index contributed by atoms with van der Waals surface area (Å²) < 4.78 is 41.1. The Balaban J connectivity index is 1.66. The number of sulfonamides is 1. The second-order valence-corrected chi connectivity index (χ2v) is 10.3. The van der Waals surface area contributed by atoms with E-state index in [2.05, 4.69) is 9.71 Å². The molecule has 3 heterocycles. The Labute approximate surface area is 197 Å². The highest BCUT2D eigenvalue weighted by molar-refractivity contribution is 7.92. The minimum Gasteiger partial charge on any atom is -0.493 e. The van der Waals surface area contributed by atoms with Gasteiger partial charge in [0.25, 0.3) is 10.0 Å². The third-order valence-electron chi connectivity index (χ3n) is 5.42. The minimum atomic E-state index is -3.93. The molecular weight excluding hydrogens is 464 g/mol. The number of hydrogen-bond donors (Lipinski definition) is 1. The van der Waals surface area contributed by atoms with E-state index >= 15 is 0 Å². The van der Waals surface area contributed by atoms with Gasteiger partial charge in [-0.25, -0.2) is 13.4 Å². The maximum absolute atomic E-state index is 13.2. The van der Waals surface area contributed by atoms with E-state index in [1.807, 2.05) is 17.2 Å². The topological polar surface area (TPSA) is 103 Å². The van der Waals surface area contributed by atoms with Crippen molar-refractivity contribution in [3.8, 4) is 22.2 Å². The molecular formula is C22H26N4O5S2. The fourth-order valence-corrected chi connectivity index (χ4v) is 5.65. The number of thiazole rings is 1. The molecule has 0 aliphatic carbocycles. The Morgan fingerprint density at radius 3 is 2.52 bits per heavy atom. The van der Waals surface area contributed by atoms with E-state index in [0.29, 0.717) is 27.9 Å². The molecule has 11 heteroatoms. The first-order valence-corrected chi connectivity index (χ1v) is 12.8. The van der Waals surface area contributed by atoms with Gasteiger partial charge in [-0.05, 0) is 38.0 Å². The standard InChI is InChI=1S/C22H26N4O5S2/c1-15-14-32-22(23-15)18-11-17(12-26(18)13-21(27)25-8-4-5-9-25)33(28,29)24-16-6-7-19(30-2)20(10-16)31-3/h6-7,10-12,14,24H,4-5,8-9,13H2,1-3H3. The molecule has 176 valence electrons. The van der Waals surface area contributed by atoms with Crippen LogP contribution in [0, 0.1) is 6.92 Å². The first-order valence-electron chi connectivity index (χ1n) is 10.5. The van der Waals surface area contributed by atoms with Crippen LogP contribution in [0.25, 0.3) is 10.7 Å². The lowest BCUT2D eigenvalue weighted by molar-refractivity contribution is -0.130. The third kappa shape index (κ3) is 4.98. The summed E-state index contributed by atoms with van der Waals surface area (Å²) in [7, 11) is -0.939. The van der Waals surface area contributed by atoms with Gasteiger partial charge in [-0.1, -0.05) is 0 Å². The van der Waals surface area contributed by atoms with E-state index < -0.39 is 10.0 Å². The van der Waals surface area contributed by atoms with Crippen molar-refractivity contribution in [2.24, 2.45) is 0 Å². The molecule has 1 amide bonds. The first-order chi connectivity index (χ1) is 15.8. The average molecular weight is 491 g/mol. The van der Waals surface area contributed by atoms with E-state index in [4.69, 9.17) is 9.47 Å². The maximum atomic E-state index is 13.2. The van der Waals surface area contributed by atoms with Crippen LogP contribution in [0.1, 0.15) is 18.5 Å². The van der Waals surface area contributed by atoms with Gasteiger partial charge in [-0.15, -0.1) is 11.3 Å². The molecule has 0 saturated carbocycles. The van der Waals surface area contributed by atoms with Crippen molar-refractivity contribution in [3.63, 3.8) is 0 Å². The number of aryl methyl sites for hydroxylation is 1. The van der Waals surface area contributed by atoms with Crippen LogP contribution in [-0.2, 0) is 21.4 Å². The summed E-state index contributed by atoms with van der Waals surface area (Å²) in [5, 5.41) is 2.56. The molecule has 1 fully saturated rings. The number of nitrogens with zero attached hydrogens (tertiary/aromatic N) is 3. The predicted octanol–water partition coefficient (Wildman–Crippen LogP) is 3.36. The van der Waals surface area contributed by atoms with Gasteiger partial charge in [0.1, 0.15) is 16.4 Å². The van der Waals surface area contributed by atoms with Crippen molar-refractivity contribution in [3.05, 3.63) is 41.5 Å². The van der Waals surface area contributed by atoms with Crippen molar-refractivity contribution < 1.29 is 22.7 Å². The molecule has 0 spiro atoms. The van der Waals surface area contributed by atoms with Gasteiger partial charge in [0.2, 0.25) is 5.91 Å². The number of nitrogens with one attached hydrogen (secondary N) is 1. The maximum Gasteiger partial charge on any atom is 0.263 e. The van der Waals surface area contributed by atoms with Crippen molar-refractivity contribution in [2.75, 3.05) is 32.0 Å². The van der Waals surface area contributed by atoms with Gasteiger partial charge < -0.3 is 18.9 Å². The molecule has 0 bridgehead atoms. The molecule has 1 N–H and O–H groups in total. The zero-order valence-electron chi connectivity index (χ0n) is 18.7. The molecule has 0 atom stereocenters. The van der Waals surface area contributed by atoms with E-state index in [1.54, 1.807) is 28.8 Å². The average Bonchev–Trinajstić information content (AvgIpc) is 3.54. The Hall–Kier alpha value is -3.05. The van der Waals surface area contributed by atoms with E-state index in [1.165, 1.54) is 31.8 Å². The van der Waals surface area contributed by atoms with Gasteiger partial charge >= 0.3 is 0 Å². The zero-order valence-corrected chi connectivity index (χ0v) is 20.3. The summed E-state index contributed by atoms with van der Waals surface area (Å²) in [6.07, 6.45) is 3.47.